The average Bonchev–Trinajstić information content (AvgIpc) is 3.35. The molecule has 26 heavy (non-hydrogen) atoms. The molecular formula is C20H26N4O2. The van der Waals surface area contributed by atoms with E-state index in [4.69, 9.17) is 4.74 Å². The quantitative estimate of drug-likeness (QED) is 0.896. The van der Waals surface area contributed by atoms with Crippen LogP contribution in [-0.2, 0) is 23.2 Å². The Morgan fingerprint density at radius 3 is 2.81 bits per heavy atom. The molecule has 1 saturated carbocycles. The predicted molar refractivity (Wildman–Crippen MR) is 98.0 cm³/mol. The highest BCUT2D eigenvalue weighted by Crippen LogP contribution is 2.41. The molecule has 4 rings (SSSR count). The van der Waals surface area contributed by atoms with Crippen LogP contribution in [0.15, 0.2) is 30.6 Å². The summed E-state index contributed by atoms with van der Waals surface area (Å²) in [5.74, 6) is 1.99. The summed E-state index contributed by atoms with van der Waals surface area (Å²) in [5, 5.41) is 7.47. The zero-order chi connectivity index (χ0) is 18.0. The Morgan fingerprint density at radius 2 is 2.08 bits per heavy atom. The third kappa shape index (κ3) is 3.20. The van der Waals surface area contributed by atoms with Crippen LogP contribution in [0.25, 0.3) is 0 Å². The second kappa shape index (κ2) is 7.09. The van der Waals surface area contributed by atoms with Crippen LogP contribution in [0.4, 0.5) is 0 Å². The van der Waals surface area contributed by atoms with Gasteiger partial charge in [0.25, 0.3) is 0 Å². The summed E-state index contributed by atoms with van der Waals surface area (Å²) >= 11 is 0. The smallest absolute Gasteiger partial charge is 0.225 e. The Morgan fingerprint density at radius 1 is 1.31 bits per heavy atom. The molecule has 1 aliphatic heterocycles. The Hall–Kier alpha value is -2.37. The lowest BCUT2D eigenvalue weighted by molar-refractivity contribution is -0.126. The van der Waals surface area contributed by atoms with Crippen molar-refractivity contribution in [3.8, 4) is 5.75 Å². The summed E-state index contributed by atoms with van der Waals surface area (Å²) in [5.41, 5.74) is 1.35. The largest absolute Gasteiger partial charge is 0.497 e. The Balaban J connectivity index is 1.43. The first kappa shape index (κ1) is 17.1. The molecule has 0 saturated heterocycles. The van der Waals surface area contributed by atoms with Gasteiger partial charge in [-0.3, -0.25) is 4.79 Å². The van der Waals surface area contributed by atoms with Crippen molar-refractivity contribution in [2.75, 3.05) is 13.7 Å². The number of rotatable bonds is 5. The molecule has 6 heteroatoms. The zero-order valence-corrected chi connectivity index (χ0v) is 15.3. The van der Waals surface area contributed by atoms with Crippen molar-refractivity contribution >= 4 is 5.91 Å². The summed E-state index contributed by atoms with van der Waals surface area (Å²) in [4.78, 5) is 17.0. The SMILES string of the molecule is COc1ccc(C2(CNC(=O)C3CCc4ncnn4C3)CCCC2)cc1. The molecule has 2 heterocycles. The summed E-state index contributed by atoms with van der Waals surface area (Å²) in [7, 11) is 1.69. The third-order valence-corrected chi connectivity index (χ3v) is 6.04. The predicted octanol–water partition coefficient (Wildman–Crippen LogP) is 2.48. The van der Waals surface area contributed by atoms with E-state index < -0.39 is 0 Å². The number of benzene rings is 1. The van der Waals surface area contributed by atoms with Gasteiger partial charge in [-0.1, -0.05) is 25.0 Å². The Labute approximate surface area is 154 Å². The lowest BCUT2D eigenvalue weighted by Crippen LogP contribution is -2.43. The van der Waals surface area contributed by atoms with Crippen LogP contribution in [0.1, 0.15) is 43.5 Å². The molecule has 2 aromatic rings. The normalized spacial score (nSPS) is 21.2. The van der Waals surface area contributed by atoms with E-state index >= 15 is 0 Å². The van der Waals surface area contributed by atoms with Crippen LogP contribution in [0.5, 0.6) is 5.75 Å². The standard InChI is InChI=1S/C20H26N4O2/c1-26-17-7-5-16(6-8-17)20(10-2-3-11-20)13-21-19(25)15-4-9-18-22-14-23-24(18)12-15/h5-8,14-15H,2-4,9-13H2,1H3,(H,21,25). The minimum Gasteiger partial charge on any atom is -0.497 e. The van der Waals surface area contributed by atoms with E-state index in [-0.39, 0.29) is 17.2 Å². The highest BCUT2D eigenvalue weighted by Gasteiger charge is 2.37. The molecule has 1 aromatic heterocycles. The number of nitrogens with one attached hydrogen (secondary N) is 1. The number of methoxy groups -OCH3 is 1. The monoisotopic (exact) mass is 354 g/mol. The van der Waals surface area contributed by atoms with E-state index in [2.05, 4.69) is 27.5 Å². The molecule has 1 amide bonds. The molecule has 1 atom stereocenters. The molecule has 6 nitrogen and oxygen atoms in total. The van der Waals surface area contributed by atoms with Gasteiger partial charge < -0.3 is 10.1 Å². The third-order valence-electron chi connectivity index (χ3n) is 6.04. The van der Waals surface area contributed by atoms with Gasteiger partial charge in [0.05, 0.1) is 19.6 Å². The van der Waals surface area contributed by atoms with Gasteiger partial charge in [-0.25, -0.2) is 9.67 Å². The Bertz CT molecular complexity index is 762. The number of fused-ring (bicyclic) bond motifs is 1. The molecule has 1 aromatic carbocycles. The molecule has 1 fully saturated rings. The van der Waals surface area contributed by atoms with Crippen molar-refractivity contribution in [3.05, 3.63) is 42.0 Å². The van der Waals surface area contributed by atoms with E-state index in [1.54, 1.807) is 13.4 Å². The van der Waals surface area contributed by atoms with Crippen LogP contribution in [0.2, 0.25) is 0 Å². The van der Waals surface area contributed by atoms with Crippen molar-refractivity contribution in [1.29, 1.82) is 0 Å². The van der Waals surface area contributed by atoms with E-state index in [1.165, 1.54) is 18.4 Å². The van der Waals surface area contributed by atoms with Gasteiger partial charge in [-0.05, 0) is 37.0 Å². The van der Waals surface area contributed by atoms with Crippen molar-refractivity contribution in [1.82, 2.24) is 20.1 Å². The number of hydrogen-bond donors (Lipinski definition) is 1. The summed E-state index contributed by atoms with van der Waals surface area (Å²) in [6.07, 6.45) is 7.92. The number of ether oxygens (including phenoxy) is 1. The molecule has 0 bridgehead atoms. The summed E-state index contributed by atoms with van der Waals surface area (Å²) < 4.78 is 7.14. The second-order valence-electron chi connectivity index (χ2n) is 7.53. The average molecular weight is 354 g/mol. The fourth-order valence-corrected chi connectivity index (χ4v) is 4.42. The van der Waals surface area contributed by atoms with E-state index in [0.29, 0.717) is 13.1 Å². The van der Waals surface area contributed by atoms with Crippen LogP contribution >= 0.6 is 0 Å². The van der Waals surface area contributed by atoms with Gasteiger partial charge in [0.1, 0.15) is 17.9 Å². The minimum absolute atomic E-state index is 0.0153. The lowest BCUT2D eigenvalue weighted by Gasteiger charge is -2.31. The van der Waals surface area contributed by atoms with Gasteiger partial charge >= 0.3 is 0 Å². The number of hydrogen-bond acceptors (Lipinski definition) is 4. The topological polar surface area (TPSA) is 69.0 Å². The summed E-state index contributed by atoms with van der Waals surface area (Å²) in [6, 6.07) is 8.34. The van der Waals surface area contributed by atoms with Crippen molar-refractivity contribution in [2.45, 2.75) is 50.5 Å². The van der Waals surface area contributed by atoms with Crippen molar-refractivity contribution < 1.29 is 9.53 Å². The van der Waals surface area contributed by atoms with Crippen LogP contribution < -0.4 is 10.1 Å². The number of carbonyl (C=O) groups excluding carboxylic acids is 1. The molecule has 0 radical (unpaired) electrons. The second-order valence-corrected chi connectivity index (χ2v) is 7.53. The zero-order valence-electron chi connectivity index (χ0n) is 15.3. The van der Waals surface area contributed by atoms with E-state index in [0.717, 1.165) is 37.3 Å². The van der Waals surface area contributed by atoms with Crippen LogP contribution in [0.3, 0.4) is 0 Å². The van der Waals surface area contributed by atoms with Crippen molar-refractivity contribution in [3.63, 3.8) is 0 Å². The maximum atomic E-state index is 12.8. The molecular weight excluding hydrogens is 328 g/mol. The maximum Gasteiger partial charge on any atom is 0.225 e. The minimum atomic E-state index is -0.0153. The van der Waals surface area contributed by atoms with Gasteiger partial charge in [0.2, 0.25) is 5.91 Å². The highest BCUT2D eigenvalue weighted by atomic mass is 16.5. The first-order chi connectivity index (χ1) is 12.7. The maximum absolute atomic E-state index is 12.8. The fraction of sp³-hybridized carbons (Fsp3) is 0.550. The van der Waals surface area contributed by atoms with Gasteiger partial charge in [0, 0.05) is 18.4 Å². The van der Waals surface area contributed by atoms with E-state index in [1.807, 2.05) is 16.8 Å². The van der Waals surface area contributed by atoms with Crippen LogP contribution in [-0.4, -0.2) is 34.3 Å². The number of aromatic nitrogens is 3. The molecule has 0 spiro atoms. The van der Waals surface area contributed by atoms with E-state index in [9.17, 15) is 4.79 Å². The Kier molecular flexibility index (Phi) is 4.66. The first-order valence-corrected chi connectivity index (χ1v) is 9.49. The number of aryl methyl sites for hydroxylation is 1. The number of carbonyl (C=O) groups is 1. The van der Waals surface area contributed by atoms with Crippen LogP contribution in [0, 0.1) is 5.92 Å². The van der Waals surface area contributed by atoms with Crippen molar-refractivity contribution in [2.24, 2.45) is 5.92 Å². The lowest BCUT2D eigenvalue weighted by atomic mass is 9.78. The molecule has 1 aliphatic carbocycles. The molecule has 1 unspecified atom stereocenters. The molecule has 1 N–H and O–H groups in total. The summed E-state index contributed by atoms with van der Waals surface area (Å²) in [6.45, 7) is 1.34. The first-order valence-electron chi connectivity index (χ1n) is 9.49. The van der Waals surface area contributed by atoms with Gasteiger partial charge in [0.15, 0.2) is 0 Å². The fourth-order valence-electron chi connectivity index (χ4n) is 4.42. The molecule has 138 valence electrons. The number of amides is 1. The number of nitrogens with zero attached hydrogens (tertiary/aromatic N) is 3. The van der Waals surface area contributed by atoms with Gasteiger partial charge in [-0.2, -0.15) is 5.10 Å². The highest BCUT2D eigenvalue weighted by molar-refractivity contribution is 5.78. The molecule has 2 aliphatic rings. The van der Waals surface area contributed by atoms with Gasteiger partial charge in [-0.15, -0.1) is 0 Å².